The molecule has 0 amide bonds. The summed E-state index contributed by atoms with van der Waals surface area (Å²) in [5, 5.41) is 0. The van der Waals surface area contributed by atoms with E-state index in [1.54, 1.807) is 19.1 Å². The highest BCUT2D eigenvalue weighted by atomic mass is 79.9. The molecule has 7 heteroatoms. The summed E-state index contributed by atoms with van der Waals surface area (Å²) in [4.78, 5) is 0.0892. The fourth-order valence-electron chi connectivity index (χ4n) is 1.78. The highest BCUT2D eigenvalue weighted by Crippen LogP contribution is 2.21. The smallest absolute Gasteiger partial charge is 0.207 e. The maximum atomic E-state index is 13.2. The molecule has 0 saturated carbocycles. The number of benzene rings is 2. The summed E-state index contributed by atoms with van der Waals surface area (Å²) in [6, 6.07) is 8.80. The molecule has 0 aromatic heterocycles. The molecule has 112 valence electrons. The molecule has 0 aliphatic carbocycles. The minimum Gasteiger partial charge on any atom is -0.207 e. The molecule has 0 heterocycles. The van der Waals surface area contributed by atoms with E-state index < -0.39 is 27.7 Å². The van der Waals surface area contributed by atoms with Gasteiger partial charge in [0.15, 0.2) is 11.6 Å². The molecule has 21 heavy (non-hydrogen) atoms. The Hall–Kier alpha value is -1.31. The summed E-state index contributed by atoms with van der Waals surface area (Å²) >= 11 is 3.20. The number of hydrogen-bond acceptors (Lipinski definition) is 2. The van der Waals surface area contributed by atoms with Gasteiger partial charge in [0.05, 0.1) is 4.90 Å². The average molecular weight is 376 g/mol. The van der Waals surface area contributed by atoms with E-state index >= 15 is 0 Å². The molecule has 0 radical (unpaired) electrons. The Morgan fingerprint density at radius 3 is 2.43 bits per heavy atom. The number of halogens is 3. The molecule has 2 aromatic rings. The van der Waals surface area contributed by atoms with E-state index in [0.717, 1.165) is 12.1 Å². The van der Waals surface area contributed by atoms with Crippen LogP contribution in [0.3, 0.4) is 0 Å². The van der Waals surface area contributed by atoms with Crippen LogP contribution >= 0.6 is 15.9 Å². The molecule has 1 atom stereocenters. The largest absolute Gasteiger partial charge is 0.241 e. The summed E-state index contributed by atoms with van der Waals surface area (Å²) in [5.41, 5.74) is 0.340. The first kappa shape index (κ1) is 16.1. The van der Waals surface area contributed by atoms with Crippen molar-refractivity contribution in [3.05, 3.63) is 64.1 Å². The normalized spacial score (nSPS) is 13.1. The minimum absolute atomic E-state index is 0.0892. The maximum Gasteiger partial charge on any atom is 0.241 e. The number of rotatable bonds is 4. The Balaban J connectivity index is 2.25. The lowest BCUT2D eigenvalue weighted by Crippen LogP contribution is -2.27. The van der Waals surface area contributed by atoms with Gasteiger partial charge in [-0.15, -0.1) is 0 Å². The molecular formula is C14H12BrF2NO2S. The van der Waals surface area contributed by atoms with Crippen LogP contribution < -0.4 is 4.72 Å². The predicted octanol–water partition coefficient (Wildman–Crippen LogP) is 3.77. The summed E-state index contributed by atoms with van der Waals surface area (Å²) in [7, 11) is -3.75. The first-order valence-electron chi connectivity index (χ1n) is 6.02. The van der Waals surface area contributed by atoms with Gasteiger partial charge < -0.3 is 0 Å². The lowest BCUT2D eigenvalue weighted by atomic mass is 10.1. The third-order valence-corrected chi connectivity index (χ3v) is 4.91. The van der Waals surface area contributed by atoms with Crippen molar-refractivity contribution in [2.75, 3.05) is 0 Å². The van der Waals surface area contributed by atoms with Crippen LogP contribution in [0.1, 0.15) is 18.5 Å². The Kier molecular flexibility index (Phi) is 4.75. The van der Waals surface area contributed by atoms with Crippen molar-refractivity contribution in [2.45, 2.75) is 17.9 Å². The molecule has 3 nitrogen and oxygen atoms in total. The van der Waals surface area contributed by atoms with E-state index in [4.69, 9.17) is 0 Å². The van der Waals surface area contributed by atoms with Crippen molar-refractivity contribution in [1.29, 1.82) is 0 Å². The van der Waals surface area contributed by atoms with Gasteiger partial charge >= 0.3 is 0 Å². The van der Waals surface area contributed by atoms with E-state index in [2.05, 4.69) is 20.7 Å². The van der Waals surface area contributed by atoms with Gasteiger partial charge in [0.25, 0.3) is 0 Å². The molecular weight excluding hydrogens is 364 g/mol. The van der Waals surface area contributed by atoms with Crippen molar-refractivity contribution >= 4 is 26.0 Å². The van der Waals surface area contributed by atoms with Crippen LogP contribution in [0.25, 0.3) is 0 Å². The van der Waals surface area contributed by atoms with Gasteiger partial charge in [-0.3, -0.25) is 0 Å². The summed E-state index contributed by atoms with van der Waals surface area (Å²) < 4.78 is 53.6. The van der Waals surface area contributed by atoms with Gasteiger partial charge in [-0.25, -0.2) is 21.9 Å². The molecule has 0 saturated heterocycles. The van der Waals surface area contributed by atoms with Gasteiger partial charge in [-0.2, -0.15) is 0 Å². The lowest BCUT2D eigenvalue weighted by molar-refractivity contribution is 0.504. The lowest BCUT2D eigenvalue weighted by Gasteiger charge is -2.15. The molecule has 2 rings (SSSR count). The number of sulfonamides is 1. The molecule has 2 aromatic carbocycles. The molecule has 1 N–H and O–H groups in total. The Morgan fingerprint density at radius 1 is 1.10 bits per heavy atom. The standard InChI is InChI=1S/C14H12BrF2NO2S/c1-9(10-5-6-13(16)14(17)7-10)18-21(19,20)12-4-2-3-11(15)8-12/h2-9,18H,1H3/t9-/m0/s1. The zero-order chi connectivity index (χ0) is 15.6. The van der Waals surface area contributed by atoms with E-state index in [1.807, 2.05) is 0 Å². The van der Waals surface area contributed by atoms with Crippen LogP contribution in [-0.4, -0.2) is 8.42 Å². The SMILES string of the molecule is C[C@H](NS(=O)(=O)c1cccc(Br)c1)c1ccc(F)c(F)c1. The Morgan fingerprint density at radius 2 is 1.81 bits per heavy atom. The molecule has 0 fully saturated rings. The van der Waals surface area contributed by atoms with Crippen molar-refractivity contribution in [3.8, 4) is 0 Å². The van der Waals surface area contributed by atoms with Crippen molar-refractivity contribution in [1.82, 2.24) is 4.72 Å². The predicted molar refractivity (Wildman–Crippen MR) is 79.2 cm³/mol. The first-order valence-corrected chi connectivity index (χ1v) is 8.30. The monoisotopic (exact) mass is 375 g/mol. The topological polar surface area (TPSA) is 46.2 Å². The van der Waals surface area contributed by atoms with Crippen molar-refractivity contribution < 1.29 is 17.2 Å². The Bertz CT molecular complexity index is 765. The van der Waals surface area contributed by atoms with Gasteiger partial charge in [0.1, 0.15) is 0 Å². The van der Waals surface area contributed by atoms with Crippen LogP contribution in [0.5, 0.6) is 0 Å². The summed E-state index contributed by atoms with van der Waals surface area (Å²) in [6.45, 7) is 1.56. The molecule has 0 spiro atoms. The van der Waals surface area contributed by atoms with E-state index in [9.17, 15) is 17.2 Å². The minimum atomic E-state index is -3.75. The molecule has 0 aliphatic heterocycles. The van der Waals surface area contributed by atoms with Gasteiger partial charge in [-0.1, -0.05) is 28.1 Å². The third kappa shape index (κ3) is 3.87. The summed E-state index contributed by atoms with van der Waals surface area (Å²) in [5.74, 6) is -1.98. The van der Waals surface area contributed by atoms with Crippen molar-refractivity contribution in [2.24, 2.45) is 0 Å². The van der Waals surface area contributed by atoms with Gasteiger partial charge in [0.2, 0.25) is 10.0 Å². The fourth-order valence-corrected chi connectivity index (χ4v) is 3.61. The molecule has 0 unspecified atom stereocenters. The Labute approximate surface area is 130 Å². The number of nitrogens with one attached hydrogen (secondary N) is 1. The van der Waals surface area contributed by atoms with Crippen LogP contribution in [0.2, 0.25) is 0 Å². The van der Waals surface area contributed by atoms with E-state index in [-0.39, 0.29) is 4.90 Å². The summed E-state index contributed by atoms with van der Waals surface area (Å²) in [6.07, 6.45) is 0. The number of hydrogen-bond donors (Lipinski definition) is 1. The van der Waals surface area contributed by atoms with Crippen LogP contribution in [0.15, 0.2) is 51.8 Å². The van der Waals surface area contributed by atoms with Gasteiger partial charge in [-0.05, 0) is 42.8 Å². The van der Waals surface area contributed by atoms with Crippen LogP contribution in [0, 0.1) is 11.6 Å². The van der Waals surface area contributed by atoms with Crippen LogP contribution in [0.4, 0.5) is 8.78 Å². The maximum absolute atomic E-state index is 13.2. The highest BCUT2D eigenvalue weighted by molar-refractivity contribution is 9.10. The first-order chi connectivity index (χ1) is 9.79. The zero-order valence-electron chi connectivity index (χ0n) is 11.0. The average Bonchev–Trinajstić information content (AvgIpc) is 2.41. The van der Waals surface area contributed by atoms with E-state index in [0.29, 0.717) is 10.0 Å². The zero-order valence-corrected chi connectivity index (χ0v) is 13.4. The molecule has 0 aliphatic rings. The second-order valence-corrected chi connectivity index (χ2v) is 7.10. The van der Waals surface area contributed by atoms with Crippen molar-refractivity contribution in [3.63, 3.8) is 0 Å². The second kappa shape index (κ2) is 6.21. The highest BCUT2D eigenvalue weighted by Gasteiger charge is 2.19. The quantitative estimate of drug-likeness (QED) is 0.883. The molecule has 0 bridgehead atoms. The second-order valence-electron chi connectivity index (χ2n) is 4.47. The van der Waals surface area contributed by atoms with E-state index in [1.165, 1.54) is 18.2 Å². The van der Waals surface area contributed by atoms with Crippen LogP contribution in [-0.2, 0) is 10.0 Å². The van der Waals surface area contributed by atoms with Gasteiger partial charge in [0, 0.05) is 10.5 Å². The fraction of sp³-hybridized carbons (Fsp3) is 0.143. The third-order valence-electron chi connectivity index (χ3n) is 2.88.